The Morgan fingerprint density at radius 2 is 2.04 bits per heavy atom. The number of anilines is 1. The average molecular weight is 352 g/mol. The molecule has 0 unspecified atom stereocenters. The fourth-order valence-electron chi connectivity index (χ4n) is 2.67. The Morgan fingerprint density at radius 3 is 2.83 bits per heavy atom. The molecule has 23 heavy (non-hydrogen) atoms. The normalized spacial score (nSPS) is 15.2. The van der Waals surface area contributed by atoms with Crippen LogP contribution in [0.5, 0.6) is 0 Å². The number of pyridine rings is 1. The number of halogens is 1. The van der Waals surface area contributed by atoms with Crippen molar-refractivity contribution in [2.24, 2.45) is 0 Å². The van der Waals surface area contributed by atoms with Crippen molar-refractivity contribution in [3.8, 4) is 0 Å². The van der Waals surface area contributed by atoms with Crippen LogP contribution < -0.4 is 4.72 Å². The van der Waals surface area contributed by atoms with Crippen molar-refractivity contribution in [2.75, 3.05) is 11.3 Å². The molecule has 0 amide bonds. The third-order valence-electron chi connectivity index (χ3n) is 3.92. The molecule has 0 radical (unpaired) electrons. The molecule has 2 aromatic rings. The minimum absolute atomic E-state index is 0.318. The highest BCUT2D eigenvalue weighted by atomic mass is 35.5. The number of rotatable bonds is 4. The first-order valence-electron chi connectivity index (χ1n) is 7.49. The lowest BCUT2D eigenvalue weighted by molar-refractivity contribution is 0.394. The van der Waals surface area contributed by atoms with Crippen molar-refractivity contribution in [3.63, 3.8) is 0 Å². The number of nitrogens with one attached hydrogen (secondary N) is 1. The van der Waals surface area contributed by atoms with Gasteiger partial charge in [-0.25, -0.2) is 4.98 Å². The van der Waals surface area contributed by atoms with E-state index >= 15 is 0 Å². The van der Waals surface area contributed by atoms with Gasteiger partial charge in [-0.2, -0.15) is 12.7 Å². The standard InChI is InChI=1S/C16H18ClN3O2S/c1-2-13-6-4-8-16(18-13)19-23(21,22)20-10-9-14-12(11-20)5-3-7-15(14)17/h3-8H,2,9-11H2,1H3,(H,18,19). The molecule has 2 heterocycles. The van der Waals surface area contributed by atoms with E-state index in [9.17, 15) is 8.42 Å². The van der Waals surface area contributed by atoms with E-state index in [4.69, 9.17) is 11.6 Å². The Bertz CT molecular complexity index is 824. The number of hydrogen-bond acceptors (Lipinski definition) is 3. The summed E-state index contributed by atoms with van der Waals surface area (Å²) in [7, 11) is -3.64. The summed E-state index contributed by atoms with van der Waals surface area (Å²) in [4.78, 5) is 4.29. The summed E-state index contributed by atoms with van der Waals surface area (Å²) in [5, 5.41) is 0.699. The monoisotopic (exact) mass is 351 g/mol. The third-order valence-corrected chi connectivity index (χ3v) is 5.73. The van der Waals surface area contributed by atoms with Crippen LogP contribution in [0.4, 0.5) is 5.82 Å². The number of aryl methyl sites for hydroxylation is 1. The van der Waals surface area contributed by atoms with Gasteiger partial charge in [-0.1, -0.05) is 36.7 Å². The Hall–Kier alpha value is -1.63. The van der Waals surface area contributed by atoms with Gasteiger partial charge in [-0.15, -0.1) is 0 Å². The Balaban J connectivity index is 1.81. The molecule has 0 bridgehead atoms. The summed E-state index contributed by atoms with van der Waals surface area (Å²) < 4.78 is 29.2. The van der Waals surface area contributed by atoms with E-state index in [1.807, 2.05) is 31.2 Å². The lowest BCUT2D eigenvalue weighted by Gasteiger charge is -2.28. The Kier molecular flexibility index (Phi) is 4.57. The van der Waals surface area contributed by atoms with E-state index in [0.29, 0.717) is 30.4 Å². The van der Waals surface area contributed by atoms with Crippen LogP contribution in [-0.4, -0.2) is 24.3 Å². The van der Waals surface area contributed by atoms with Gasteiger partial charge >= 0.3 is 10.2 Å². The van der Waals surface area contributed by atoms with Crippen molar-refractivity contribution in [2.45, 2.75) is 26.3 Å². The lowest BCUT2D eigenvalue weighted by atomic mass is 10.0. The number of fused-ring (bicyclic) bond motifs is 1. The van der Waals surface area contributed by atoms with E-state index in [0.717, 1.165) is 23.2 Å². The van der Waals surface area contributed by atoms with Crippen molar-refractivity contribution in [1.82, 2.24) is 9.29 Å². The van der Waals surface area contributed by atoms with Crippen LogP contribution in [-0.2, 0) is 29.6 Å². The van der Waals surface area contributed by atoms with Gasteiger partial charge in [0.25, 0.3) is 0 Å². The zero-order valence-electron chi connectivity index (χ0n) is 12.8. The second kappa shape index (κ2) is 6.47. The fraction of sp³-hybridized carbons (Fsp3) is 0.312. The molecule has 1 aromatic heterocycles. The quantitative estimate of drug-likeness (QED) is 0.921. The summed E-state index contributed by atoms with van der Waals surface area (Å²) in [6.07, 6.45) is 1.36. The number of hydrogen-bond donors (Lipinski definition) is 1. The zero-order chi connectivity index (χ0) is 16.4. The van der Waals surface area contributed by atoms with Gasteiger partial charge in [-0.05, 0) is 42.2 Å². The molecule has 0 atom stereocenters. The maximum atomic E-state index is 12.6. The van der Waals surface area contributed by atoms with Crippen molar-refractivity contribution in [1.29, 1.82) is 0 Å². The van der Waals surface area contributed by atoms with Crippen molar-refractivity contribution in [3.05, 3.63) is 58.2 Å². The van der Waals surface area contributed by atoms with E-state index in [1.165, 1.54) is 4.31 Å². The van der Waals surface area contributed by atoms with Crippen LogP contribution in [0.3, 0.4) is 0 Å². The fourth-order valence-corrected chi connectivity index (χ4v) is 4.11. The highest BCUT2D eigenvalue weighted by Gasteiger charge is 2.27. The van der Waals surface area contributed by atoms with Crippen LogP contribution in [0.1, 0.15) is 23.7 Å². The van der Waals surface area contributed by atoms with Crippen molar-refractivity contribution < 1.29 is 8.42 Å². The van der Waals surface area contributed by atoms with Gasteiger partial charge in [-0.3, -0.25) is 4.72 Å². The molecule has 1 aliphatic rings. The molecule has 122 valence electrons. The molecule has 0 aliphatic carbocycles. The molecule has 1 aliphatic heterocycles. The number of aromatic nitrogens is 1. The van der Waals surface area contributed by atoms with Crippen LogP contribution in [0.2, 0.25) is 5.02 Å². The molecule has 5 nitrogen and oxygen atoms in total. The second-order valence-electron chi connectivity index (χ2n) is 5.44. The molecule has 1 aromatic carbocycles. The SMILES string of the molecule is CCc1cccc(NS(=O)(=O)N2CCc3c(Cl)cccc3C2)n1. The van der Waals surface area contributed by atoms with Crippen LogP contribution >= 0.6 is 11.6 Å². The zero-order valence-corrected chi connectivity index (χ0v) is 14.4. The van der Waals surface area contributed by atoms with Crippen LogP contribution in [0.15, 0.2) is 36.4 Å². The average Bonchev–Trinajstić information content (AvgIpc) is 2.54. The molecule has 0 saturated carbocycles. The van der Waals surface area contributed by atoms with E-state index in [2.05, 4.69) is 9.71 Å². The lowest BCUT2D eigenvalue weighted by Crippen LogP contribution is -2.39. The Labute approximate surface area is 141 Å². The van der Waals surface area contributed by atoms with Crippen molar-refractivity contribution >= 4 is 27.6 Å². The van der Waals surface area contributed by atoms with E-state index in [1.54, 1.807) is 12.1 Å². The van der Waals surface area contributed by atoms with Crippen LogP contribution in [0, 0.1) is 0 Å². The Morgan fingerprint density at radius 1 is 1.26 bits per heavy atom. The van der Waals surface area contributed by atoms with Gasteiger partial charge in [0.2, 0.25) is 0 Å². The molecule has 0 fully saturated rings. The van der Waals surface area contributed by atoms with Gasteiger partial charge < -0.3 is 0 Å². The molecule has 1 N–H and O–H groups in total. The van der Waals surface area contributed by atoms with Gasteiger partial charge in [0, 0.05) is 23.8 Å². The maximum absolute atomic E-state index is 12.6. The summed E-state index contributed by atoms with van der Waals surface area (Å²) in [5.41, 5.74) is 2.83. The minimum Gasteiger partial charge on any atom is -0.254 e. The number of nitrogens with zero attached hydrogens (tertiary/aromatic N) is 2. The molecular weight excluding hydrogens is 334 g/mol. The van der Waals surface area contributed by atoms with Crippen LogP contribution in [0.25, 0.3) is 0 Å². The molecular formula is C16H18ClN3O2S. The van der Waals surface area contributed by atoms with Gasteiger partial charge in [0.1, 0.15) is 5.82 Å². The molecule has 3 rings (SSSR count). The summed E-state index contributed by atoms with van der Waals surface area (Å²) in [5.74, 6) is 0.348. The summed E-state index contributed by atoms with van der Waals surface area (Å²) in [6, 6.07) is 10.9. The molecule has 7 heteroatoms. The first kappa shape index (κ1) is 16.2. The second-order valence-corrected chi connectivity index (χ2v) is 7.51. The maximum Gasteiger partial charge on any atom is 0.303 e. The first-order chi connectivity index (χ1) is 11.0. The van der Waals surface area contributed by atoms with Gasteiger partial charge in [0.15, 0.2) is 0 Å². The number of benzene rings is 1. The van der Waals surface area contributed by atoms with E-state index < -0.39 is 10.2 Å². The highest BCUT2D eigenvalue weighted by Crippen LogP contribution is 2.27. The minimum atomic E-state index is -3.64. The largest absolute Gasteiger partial charge is 0.303 e. The smallest absolute Gasteiger partial charge is 0.254 e. The topological polar surface area (TPSA) is 62.3 Å². The highest BCUT2D eigenvalue weighted by molar-refractivity contribution is 7.90. The third kappa shape index (κ3) is 3.49. The van der Waals surface area contributed by atoms with E-state index in [-0.39, 0.29) is 0 Å². The summed E-state index contributed by atoms with van der Waals surface area (Å²) in [6.45, 7) is 2.70. The predicted molar refractivity (Wildman–Crippen MR) is 91.7 cm³/mol. The predicted octanol–water partition coefficient (Wildman–Crippen LogP) is 3.01. The summed E-state index contributed by atoms with van der Waals surface area (Å²) >= 11 is 6.17. The molecule has 0 spiro atoms. The first-order valence-corrected chi connectivity index (χ1v) is 9.31. The van der Waals surface area contributed by atoms with Gasteiger partial charge in [0.05, 0.1) is 0 Å². The molecule has 0 saturated heterocycles.